The van der Waals surface area contributed by atoms with E-state index < -0.39 is 38.1 Å². The molecule has 1 aromatic rings. The SMILES string of the molecule is O=C(Nc1ccccc1)C1C=CC([N+](=O)[O-])=C([N+](=O)[O-])C1(O)Cl. The fourth-order valence-electron chi connectivity index (χ4n) is 2.09. The minimum Gasteiger partial charge on any atom is -0.365 e. The molecule has 0 spiro atoms. The third-order valence-corrected chi connectivity index (χ3v) is 3.55. The van der Waals surface area contributed by atoms with Gasteiger partial charge in [0.25, 0.3) is 5.06 Å². The first-order valence-electron chi connectivity index (χ1n) is 6.24. The van der Waals surface area contributed by atoms with Gasteiger partial charge >= 0.3 is 11.4 Å². The van der Waals surface area contributed by atoms with Crippen LogP contribution < -0.4 is 5.32 Å². The first kappa shape index (κ1) is 16.6. The molecule has 23 heavy (non-hydrogen) atoms. The van der Waals surface area contributed by atoms with Crippen molar-refractivity contribution in [3.63, 3.8) is 0 Å². The molecule has 1 aromatic carbocycles. The Hall–Kier alpha value is -2.78. The standard InChI is InChI=1S/C13H10ClN3O6/c14-13(19)9(12(18)15-8-4-2-1-3-5-8)6-7-10(16(20)21)11(13)17(22)23/h1-7,9,19H,(H,15,18). The average Bonchev–Trinajstić information content (AvgIpc) is 2.46. The molecule has 0 radical (unpaired) electrons. The number of para-hydroxylation sites is 1. The molecular weight excluding hydrogens is 330 g/mol. The van der Waals surface area contributed by atoms with Crippen molar-refractivity contribution in [1.82, 2.24) is 0 Å². The number of aliphatic hydroxyl groups is 1. The van der Waals surface area contributed by atoms with Gasteiger partial charge in [-0.25, -0.2) is 0 Å². The smallest absolute Gasteiger partial charge is 0.365 e. The van der Waals surface area contributed by atoms with Crippen molar-refractivity contribution < 1.29 is 19.7 Å². The van der Waals surface area contributed by atoms with E-state index in [1.54, 1.807) is 30.3 Å². The molecule has 0 aromatic heterocycles. The highest BCUT2D eigenvalue weighted by Crippen LogP contribution is 2.38. The number of amides is 1. The lowest BCUT2D eigenvalue weighted by Gasteiger charge is -2.26. The summed E-state index contributed by atoms with van der Waals surface area (Å²) < 4.78 is 0. The van der Waals surface area contributed by atoms with Crippen LogP contribution in [0.2, 0.25) is 0 Å². The molecule has 0 saturated heterocycles. The lowest BCUT2D eigenvalue weighted by molar-refractivity contribution is -0.478. The maximum Gasteiger partial charge on any atom is 0.370 e. The van der Waals surface area contributed by atoms with Crippen LogP contribution in [0, 0.1) is 26.1 Å². The molecule has 0 fully saturated rings. The summed E-state index contributed by atoms with van der Waals surface area (Å²) in [6.45, 7) is 0. The van der Waals surface area contributed by atoms with Crippen molar-refractivity contribution in [3.8, 4) is 0 Å². The van der Waals surface area contributed by atoms with Gasteiger partial charge in [0.05, 0.1) is 9.85 Å². The highest BCUT2D eigenvalue weighted by molar-refractivity contribution is 6.26. The van der Waals surface area contributed by atoms with Crippen molar-refractivity contribution in [2.75, 3.05) is 5.32 Å². The lowest BCUT2D eigenvalue weighted by atomic mass is 9.91. The summed E-state index contributed by atoms with van der Waals surface area (Å²) in [5.74, 6) is -2.42. The van der Waals surface area contributed by atoms with Crippen LogP contribution in [-0.2, 0) is 4.79 Å². The van der Waals surface area contributed by atoms with Gasteiger partial charge in [-0.05, 0) is 12.1 Å². The minimum atomic E-state index is -2.85. The Bertz CT molecular complexity index is 728. The number of halogens is 1. The van der Waals surface area contributed by atoms with Gasteiger partial charge in [0.1, 0.15) is 5.92 Å². The van der Waals surface area contributed by atoms with E-state index in [0.717, 1.165) is 12.2 Å². The number of nitro groups is 2. The summed E-state index contributed by atoms with van der Waals surface area (Å²) in [5, 5.41) is 31.6. The van der Waals surface area contributed by atoms with E-state index in [9.17, 15) is 30.1 Å². The van der Waals surface area contributed by atoms with E-state index in [0.29, 0.717) is 5.69 Å². The molecular formula is C13H10ClN3O6. The van der Waals surface area contributed by atoms with Gasteiger partial charge in [0.2, 0.25) is 5.91 Å². The summed E-state index contributed by atoms with van der Waals surface area (Å²) in [4.78, 5) is 31.9. The summed E-state index contributed by atoms with van der Waals surface area (Å²) in [6, 6.07) is 8.12. The number of benzene rings is 1. The largest absolute Gasteiger partial charge is 0.370 e. The molecule has 0 aliphatic heterocycles. The lowest BCUT2D eigenvalue weighted by Crippen LogP contribution is -2.45. The van der Waals surface area contributed by atoms with Gasteiger partial charge in [-0.2, -0.15) is 0 Å². The Morgan fingerprint density at radius 1 is 1.22 bits per heavy atom. The molecule has 2 rings (SSSR count). The number of carbonyl (C=O) groups is 1. The van der Waals surface area contributed by atoms with Crippen LogP contribution in [-0.4, -0.2) is 25.9 Å². The topological polar surface area (TPSA) is 136 Å². The molecule has 9 nitrogen and oxygen atoms in total. The quantitative estimate of drug-likeness (QED) is 0.484. The van der Waals surface area contributed by atoms with Gasteiger partial charge in [0, 0.05) is 11.8 Å². The van der Waals surface area contributed by atoms with Gasteiger partial charge < -0.3 is 10.4 Å². The number of anilines is 1. The second-order valence-corrected chi connectivity index (χ2v) is 5.19. The maximum atomic E-state index is 12.2. The number of nitrogens with zero attached hydrogens (tertiary/aromatic N) is 2. The molecule has 2 unspecified atom stereocenters. The fourth-order valence-corrected chi connectivity index (χ4v) is 2.43. The summed E-state index contributed by atoms with van der Waals surface area (Å²) in [5.41, 5.74) is -1.85. The van der Waals surface area contributed by atoms with E-state index in [-0.39, 0.29) is 0 Å². The molecule has 1 amide bonds. The van der Waals surface area contributed by atoms with Crippen molar-refractivity contribution in [2.45, 2.75) is 5.06 Å². The zero-order chi connectivity index (χ0) is 17.2. The molecule has 1 aliphatic rings. The van der Waals surface area contributed by atoms with Gasteiger partial charge in [0.15, 0.2) is 0 Å². The Morgan fingerprint density at radius 3 is 2.35 bits per heavy atom. The number of alkyl halides is 1. The van der Waals surface area contributed by atoms with Gasteiger partial charge in [-0.1, -0.05) is 35.9 Å². The third kappa shape index (κ3) is 3.20. The fraction of sp³-hybridized carbons (Fsp3) is 0.154. The highest BCUT2D eigenvalue weighted by Gasteiger charge is 2.56. The number of nitrogens with one attached hydrogen (secondary N) is 1. The van der Waals surface area contributed by atoms with E-state index in [2.05, 4.69) is 5.32 Å². The predicted octanol–water partition coefficient (Wildman–Crippen LogP) is 1.50. The highest BCUT2D eigenvalue weighted by atomic mass is 35.5. The number of allylic oxidation sites excluding steroid dienone is 1. The zero-order valence-corrected chi connectivity index (χ0v) is 12.1. The summed E-state index contributed by atoms with van der Waals surface area (Å²) >= 11 is 5.74. The molecule has 10 heteroatoms. The molecule has 1 aliphatic carbocycles. The van der Waals surface area contributed by atoms with Crippen molar-refractivity contribution in [2.24, 2.45) is 5.92 Å². The Balaban J connectivity index is 2.36. The van der Waals surface area contributed by atoms with Crippen molar-refractivity contribution in [3.05, 3.63) is 74.1 Å². The molecule has 0 heterocycles. The normalized spacial score (nSPS) is 23.5. The van der Waals surface area contributed by atoms with E-state index >= 15 is 0 Å². The zero-order valence-electron chi connectivity index (χ0n) is 11.4. The Kier molecular flexibility index (Phi) is 4.43. The maximum absolute atomic E-state index is 12.2. The Labute approximate surface area is 134 Å². The molecule has 0 saturated carbocycles. The second kappa shape index (κ2) is 6.15. The van der Waals surface area contributed by atoms with E-state index in [1.165, 1.54) is 0 Å². The average molecular weight is 340 g/mol. The number of hydrogen-bond donors (Lipinski definition) is 2. The first-order valence-corrected chi connectivity index (χ1v) is 6.62. The van der Waals surface area contributed by atoms with E-state index in [1.807, 2.05) is 0 Å². The second-order valence-electron chi connectivity index (χ2n) is 4.61. The van der Waals surface area contributed by atoms with Crippen LogP contribution in [0.1, 0.15) is 0 Å². The van der Waals surface area contributed by atoms with Crippen LogP contribution >= 0.6 is 11.6 Å². The van der Waals surface area contributed by atoms with E-state index in [4.69, 9.17) is 11.6 Å². The summed E-state index contributed by atoms with van der Waals surface area (Å²) in [7, 11) is 0. The number of hydrogen-bond acceptors (Lipinski definition) is 6. The van der Waals surface area contributed by atoms with Crippen molar-refractivity contribution >= 4 is 23.2 Å². The van der Waals surface area contributed by atoms with Crippen LogP contribution in [0.3, 0.4) is 0 Å². The van der Waals surface area contributed by atoms with Crippen LogP contribution in [0.15, 0.2) is 53.9 Å². The molecule has 2 N–H and O–H groups in total. The van der Waals surface area contributed by atoms with Crippen molar-refractivity contribution in [1.29, 1.82) is 0 Å². The van der Waals surface area contributed by atoms with Crippen LogP contribution in [0.4, 0.5) is 5.69 Å². The number of carbonyl (C=O) groups excluding carboxylic acids is 1. The molecule has 2 atom stereocenters. The molecule has 0 bridgehead atoms. The number of rotatable bonds is 4. The monoisotopic (exact) mass is 339 g/mol. The summed E-state index contributed by atoms with van der Waals surface area (Å²) in [6.07, 6.45) is 1.74. The Morgan fingerprint density at radius 2 is 1.83 bits per heavy atom. The van der Waals surface area contributed by atoms with Crippen LogP contribution in [0.5, 0.6) is 0 Å². The first-order chi connectivity index (χ1) is 10.7. The van der Waals surface area contributed by atoms with Gasteiger partial charge in [-0.15, -0.1) is 0 Å². The third-order valence-electron chi connectivity index (χ3n) is 3.14. The minimum absolute atomic E-state index is 0.380. The molecule has 120 valence electrons. The predicted molar refractivity (Wildman–Crippen MR) is 79.5 cm³/mol. The van der Waals surface area contributed by atoms with Crippen LogP contribution in [0.25, 0.3) is 0 Å². The van der Waals surface area contributed by atoms with Gasteiger partial charge in [-0.3, -0.25) is 25.0 Å².